The Morgan fingerprint density at radius 3 is 2.90 bits per heavy atom. The lowest BCUT2D eigenvalue weighted by molar-refractivity contribution is -0.116. The van der Waals surface area contributed by atoms with Crippen LogP contribution in [0.2, 0.25) is 5.02 Å². The quantitative estimate of drug-likeness (QED) is 0.801. The zero-order valence-corrected chi connectivity index (χ0v) is 13.4. The SMILES string of the molecule is CN(CCC(=O)Nc1ccc(N)cc1Cl)Cc1cccs1. The number of nitrogens with one attached hydrogen (secondary N) is 1. The molecule has 1 aromatic heterocycles. The molecule has 1 aromatic carbocycles. The molecule has 0 saturated heterocycles. The van der Waals surface area contributed by atoms with E-state index in [1.54, 1.807) is 29.5 Å². The van der Waals surface area contributed by atoms with Crippen LogP contribution in [-0.4, -0.2) is 24.4 Å². The van der Waals surface area contributed by atoms with Gasteiger partial charge in [0.25, 0.3) is 0 Å². The zero-order chi connectivity index (χ0) is 15.2. The highest BCUT2D eigenvalue weighted by atomic mass is 35.5. The van der Waals surface area contributed by atoms with Gasteiger partial charge in [-0.15, -0.1) is 11.3 Å². The average Bonchev–Trinajstić information content (AvgIpc) is 2.92. The van der Waals surface area contributed by atoms with E-state index >= 15 is 0 Å². The summed E-state index contributed by atoms with van der Waals surface area (Å²) >= 11 is 7.75. The summed E-state index contributed by atoms with van der Waals surface area (Å²) in [6.07, 6.45) is 0.419. The molecule has 0 fully saturated rings. The summed E-state index contributed by atoms with van der Waals surface area (Å²) in [6.45, 7) is 1.55. The average molecular weight is 324 g/mol. The second-order valence-electron chi connectivity index (χ2n) is 4.85. The third kappa shape index (κ3) is 5.04. The van der Waals surface area contributed by atoms with E-state index in [0.717, 1.165) is 6.54 Å². The molecule has 21 heavy (non-hydrogen) atoms. The number of halogens is 1. The van der Waals surface area contributed by atoms with Crippen LogP contribution in [0.25, 0.3) is 0 Å². The fourth-order valence-electron chi connectivity index (χ4n) is 1.89. The summed E-state index contributed by atoms with van der Waals surface area (Å²) < 4.78 is 0. The number of amides is 1. The van der Waals surface area contributed by atoms with Gasteiger partial charge >= 0.3 is 0 Å². The van der Waals surface area contributed by atoms with E-state index in [1.165, 1.54) is 4.88 Å². The third-order valence-electron chi connectivity index (χ3n) is 2.99. The van der Waals surface area contributed by atoms with Crippen molar-refractivity contribution in [1.82, 2.24) is 4.90 Å². The fourth-order valence-corrected chi connectivity index (χ4v) is 2.91. The minimum absolute atomic E-state index is 0.0558. The van der Waals surface area contributed by atoms with Crippen molar-refractivity contribution in [2.45, 2.75) is 13.0 Å². The molecule has 2 aromatic rings. The highest BCUT2D eigenvalue weighted by molar-refractivity contribution is 7.09. The first kappa shape index (κ1) is 15.8. The van der Waals surface area contributed by atoms with Gasteiger partial charge in [-0.2, -0.15) is 0 Å². The van der Waals surface area contributed by atoms with E-state index in [9.17, 15) is 4.79 Å². The van der Waals surface area contributed by atoms with Gasteiger partial charge in [-0.05, 0) is 36.7 Å². The maximum Gasteiger partial charge on any atom is 0.225 e. The lowest BCUT2D eigenvalue weighted by atomic mass is 10.2. The number of thiophene rings is 1. The normalized spacial score (nSPS) is 10.8. The first-order valence-corrected chi connectivity index (χ1v) is 7.86. The molecule has 0 aliphatic rings. The smallest absolute Gasteiger partial charge is 0.225 e. The highest BCUT2D eigenvalue weighted by Crippen LogP contribution is 2.24. The van der Waals surface area contributed by atoms with Gasteiger partial charge < -0.3 is 16.0 Å². The number of carbonyl (C=O) groups is 1. The summed E-state index contributed by atoms with van der Waals surface area (Å²) in [5.41, 5.74) is 6.79. The van der Waals surface area contributed by atoms with Crippen molar-refractivity contribution in [2.24, 2.45) is 0 Å². The van der Waals surface area contributed by atoms with E-state index in [4.69, 9.17) is 17.3 Å². The Labute approximate surface area is 133 Å². The lowest BCUT2D eigenvalue weighted by Crippen LogP contribution is -2.23. The molecule has 0 aliphatic carbocycles. The maximum atomic E-state index is 11.9. The van der Waals surface area contributed by atoms with Gasteiger partial charge in [0.1, 0.15) is 0 Å². The summed E-state index contributed by atoms with van der Waals surface area (Å²) in [6, 6.07) is 9.18. The number of benzene rings is 1. The minimum atomic E-state index is -0.0558. The van der Waals surface area contributed by atoms with Crippen molar-refractivity contribution in [1.29, 1.82) is 0 Å². The van der Waals surface area contributed by atoms with Crippen molar-refractivity contribution in [3.63, 3.8) is 0 Å². The molecule has 1 heterocycles. The zero-order valence-electron chi connectivity index (χ0n) is 11.8. The van der Waals surface area contributed by atoms with Crippen molar-refractivity contribution in [3.8, 4) is 0 Å². The van der Waals surface area contributed by atoms with Gasteiger partial charge in [-0.1, -0.05) is 17.7 Å². The Balaban J connectivity index is 1.79. The topological polar surface area (TPSA) is 58.4 Å². The molecule has 4 nitrogen and oxygen atoms in total. The van der Waals surface area contributed by atoms with Crippen molar-refractivity contribution in [2.75, 3.05) is 24.6 Å². The standard InChI is InChI=1S/C15H18ClN3OS/c1-19(10-12-3-2-8-21-12)7-6-15(20)18-14-5-4-11(17)9-13(14)16/h2-5,8-9H,6-7,10,17H2,1H3,(H,18,20). The Hall–Kier alpha value is -1.56. The second-order valence-corrected chi connectivity index (χ2v) is 6.29. The largest absolute Gasteiger partial charge is 0.399 e. The first-order chi connectivity index (χ1) is 10.0. The Morgan fingerprint density at radius 2 is 2.24 bits per heavy atom. The number of carbonyl (C=O) groups excluding carboxylic acids is 1. The summed E-state index contributed by atoms with van der Waals surface area (Å²) in [5.74, 6) is -0.0558. The van der Waals surface area contributed by atoms with E-state index in [2.05, 4.69) is 21.7 Å². The Kier molecular flexibility index (Phi) is 5.61. The van der Waals surface area contributed by atoms with Gasteiger partial charge in [-0.3, -0.25) is 4.79 Å². The molecular formula is C15H18ClN3OS. The molecule has 0 aliphatic heterocycles. The molecule has 112 valence electrons. The molecule has 0 spiro atoms. The predicted octanol–water partition coefficient (Wildman–Crippen LogP) is 3.44. The second kappa shape index (κ2) is 7.45. The maximum absolute atomic E-state index is 11.9. The number of hydrogen-bond donors (Lipinski definition) is 2. The molecule has 0 radical (unpaired) electrons. The molecule has 3 N–H and O–H groups in total. The number of nitrogens with zero attached hydrogens (tertiary/aromatic N) is 1. The van der Waals surface area contributed by atoms with E-state index in [-0.39, 0.29) is 5.91 Å². The first-order valence-electron chi connectivity index (χ1n) is 6.60. The molecule has 1 amide bonds. The number of rotatable bonds is 6. The van der Waals surface area contributed by atoms with Crippen LogP contribution >= 0.6 is 22.9 Å². The van der Waals surface area contributed by atoms with Crippen LogP contribution in [0.4, 0.5) is 11.4 Å². The van der Waals surface area contributed by atoms with Crippen LogP contribution in [0, 0.1) is 0 Å². The minimum Gasteiger partial charge on any atom is -0.399 e. The Morgan fingerprint density at radius 1 is 1.43 bits per heavy atom. The lowest BCUT2D eigenvalue weighted by Gasteiger charge is -2.15. The van der Waals surface area contributed by atoms with Crippen molar-refractivity contribution >= 4 is 40.2 Å². The number of nitrogens with two attached hydrogens (primary N) is 1. The van der Waals surface area contributed by atoms with E-state index in [1.807, 2.05) is 13.1 Å². The van der Waals surface area contributed by atoms with Crippen LogP contribution in [-0.2, 0) is 11.3 Å². The molecular weight excluding hydrogens is 306 g/mol. The number of nitrogen functional groups attached to an aromatic ring is 1. The van der Waals surface area contributed by atoms with Gasteiger partial charge in [0, 0.05) is 30.1 Å². The van der Waals surface area contributed by atoms with Gasteiger partial charge in [-0.25, -0.2) is 0 Å². The summed E-state index contributed by atoms with van der Waals surface area (Å²) in [7, 11) is 2.00. The molecule has 6 heteroatoms. The van der Waals surface area contributed by atoms with Crippen LogP contribution < -0.4 is 11.1 Å². The fraction of sp³-hybridized carbons (Fsp3) is 0.267. The Bertz CT molecular complexity index is 601. The van der Waals surface area contributed by atoms with Crippen LogP contribution in [0.3, 0.4) is 0 Å². The molecule has 0 bridgehead atoms. The summed E-state index contributed by atoms with van der Waals surface area (Å²) in [4.78, 5) is 15.3. The molecule has 0 unspecified atom stereocenters. The van der Waals surface area contributed by atoms with Gasteiger partial charge in [0.05, 0.1) is 10.7 Å². The third-order valence-corrected chi connectivity index (χ3v) is 4.17. The molecule has 0 saturated carbocycles. The molecule has 0 atom stereocenters. The van der Waals surface area contributed by atoms with Crippen molar-refractivity contribution in [3.05, 3.63) is 45.6 Å². The van der Waals surface area contributed by atoms with Crippen molar-refractivity contribution < 1.29 is 4.79 Å². The predicted molar refractivity (Wildman–Crippen MR) is 89.8 cm³/mol. The number of anilines is 2. The van der Waals surface area contributed by atoms with Crippen LogP contribution in [0.1, 0.15) is 11.3 Å². The van der Waals surface area contributed by atoms with Gasteiger partial charge in [0.2, 0.25) is 5.91 Å². The van der Waals surface area contributed by atoms with Crippen LogP contribution in [0.15, 0.2) is 35.7 Å². The van der Waals surface area contributed by atoms with Crippen LogP contribution in [0.5, 0.6) is 0 Å². The monoisotopic (exact) mass is 323 g/mol. The highest BCUT2D eigenvalue weighted by Gasteiger charge is 2.08. The number of hydrogen-bond acceptors (Lipinski definition) is 4. The summed E-state index contributed by atoms with van der Waals surface area (Å²) in [5, 5.41) is 5.31. The molecule has 2 rings (SSSR count). The van der Waals surface area contributed by atoms with E-state index in [0.29, 0.717) is 29.4 Å². The van der Waals surface area contributed by atoms with Gasteiger partial charge in [0.15, 0.2) is 0 Å². The van der Waals surface area contributed by atoms with E-state index < -0.39 is 0 Å².